The molecule has 7 heteroatoms. The minimum atomic E-state index is -3.79. The summed E-state index contributed by atoms with van der Waals surface area (Å²) in [5, 5.41) is 10.4. The lowest BCUT2D eigenvalue weighted by Gasteiger charge is -2.24. The Labute approximate surface area is 185 Å². The van der Waals surface area contributed by atoms with E-state index >= 15 is 0 Å². The number of aliphatic carboxylic acids is 1. The molecule has 0 spiro atoms. The molecule has 0 bridgehead atoms. The van der Waals surface area contributed by atoms with Crippen molar-refractivity contribution >= 4 is 39.2 Å². The molecule has 0 amide bonds. The van der Waals surface area contributed by atoms with Crippen LogP contribution < -0.4 is 0 Å². The third-order valence-corrected chi connectivity index (χ3v) is 8.36. The largest absolute Gasteiger partial charge is 0.481 e. The van der Waals surface area contributed by atoms with Crippen molar-refractivity contribution in [1.29, 1.82) is 0 Å². The molecular weight excluding hydrogens is 440 g/mol. The zero-order valence-electron chi connectivity index (χ0n) is 16.3. The fourth-order valence-corrected chi connectivity index (χ4v) is 6.02. The molecule has 3 aromatic carbocycles. The van der Waals surface area contributed by atoms with Crippen molar-refractivity contribution in [2.45, 2.75) is 16.7 Å². The van der Waals surface area contributed by atoms with Crippen molar-refractivity contribution in [2.75, 3.05) is 11.5 Å². The van der Waals surface area contributed by atoms with Gasteiger partial charge in [0.25, 0.3) is 0 Å². The Morgan fingerprint density at radius 1 is 0.933 bits per heavy atom. The van der Waals surface area contributed by atoms with Gasteiger partial charge < -0.3 is 5.11 Å². The van der Waals surface area contributed by atoms with Crippen LogP contribution in [0.1, 0.15) is 6.92 Å². The highest BCUT2D eigenvalue weighted by atomic mass is 35.5. The van der Waals surface area contributed by atoms with Crippen LogP contribution in [0, 0.1) is 5.41 Å². The number of hydrogen-bond donors (Lipinski definition) is 1. The van der Waals surface area contributed by atoms with Crippen LogP contribution in [0.15, 0.2) is 88.7 Å². The van der Waals surface area contributed by atoms with E-state index in [1.165, 1.54) is 30.8 Å². The Kier molecular flexibility index (Phi) is 6.91. The first kappa shape index (κ1) is 22.4. The molecule has 0 heterocycles. The highest BCUT2D eigenvalue weighted by Crippen LogP contribution is 2.32. The molecule has 0 radical (unpaired) electrons. The second-order valence-electron chi connectivity index (χ2n) is 7.26. The minimum Gasteiger partial charge on any atom is -0.481 e. The summed E-state index contributed by atoms with van der Waals surface area (Å²) in [6.07, 6.45) is 0. The van der Waals surface area contributed by atoms with E-state index in [1.807, 2.05) is 42.5 Å². The van der Waals surface area contributed by atoms with Crippen LogP contribution in [0.4, 0.5) is 0 Å². The van der Waals surface area contributed by atoms with Gasteiger partial charge in [0.15, 0.2) is 9.84 Å². The van der Waals surface area contributed by atoms with E-state index in [1.54, 1.807) is 24.3 Å². The lowest BCUT2D eigenvalue weighted by atomic mass is 9.97. The second-order valence-corrected chi connectivity index (χ2v) is 10.7. The summed E-state index contributed by atoms with van der Waals surface area (Å²) in [4.78, 5) is 12.9. The normalized spacial score (nSPS) is 13.5. The molecular formula is C23H21ClO4S2. The number of carboxylic acids is 1. The van der Waals surface area contributed by atoms with Crippen LogP contribution in [-0.4, -0.2) is 31.0 Å². The van der Waals surface area contributed by atoms with Crippen molar-refractivity contribution in [3.8, 4) is 11.1 Å². The maximum Gasteiger partial charge on any atom is 0.311 e. The zero-order chi connectivity index (χ0) is 21.8. The third-order valence-electron chi connectivity index (χ3n) is 4.72. The average molecular weight is 461 g/mol. The molecule has 1 N–H and O–H groups in total. The Balaban J connectivity index is 1.78. The summed E-state index contributed by atoms with van der Waals surface area (Å²) < 4.78 is 25.9. The maximum absolute atomic E-state index is 13.0. The van der Waals surface area contributed by atoms with Crippen molar-refractivity contribution in [3.05, 3.63) is 83.9 Å². The predicted octanol–water partition coefficient (Wildman–Crippen LogP) is 5.66. The van der Waals surface area contributed by atoms with E-state index < -0.39 is 27.0 Å². The Morgan fingerprint density at radius 2 is 1.47 bits per heavy atom. The molecule has 0 aliphatic heterocycles. The van der Waals surface area contributed by atoms with Gasteiger partial charge in [-0.2, -0.15) is 0 Å². The molecule has 156 valence electrons. The molecule has 3 aromatic rings. The number of halogens is 1. The van der Waals surface area contributed by atoms with Crippen molar-refractivity contribution in [2.24, 2.45) is 5.41 Å². The highest BCUT2D eigenvalue weighted by molar-refractivity contribution is 7.99. The van der Waals surface area contributed by atoms with Crippen LogP contribution in [0.3, 0.4) is 0 Å². The molecule has 0 saturated heterocycles. The Hall–Kier alpha value is -2.28. The van der Waals surface area contributed by atoms with Crippen LogP contribution in [0.2, 0.25) is 5.02 Å². The number of thioether (sulfide) groups is 1. The topological polar surface area (TPSA) is 71.4 Å². The number of benzene rings is 3. The monoisotopic (exact) mass is 460 g/mol. The second kappa shape index (κ2) is 9.25. The number of carbonyl (C=O) groups is 1. The van der Waals surface area contributed by atoms with Crippen LogP contribution in [0.5, 0.6) is 0 Å². The quantitative estimate of drug-likeness (QED) is 0.439. The first-order valence-electron chi connectivity index (χ1n) is 9.20. The molecule has 0 aromatic heterocycles. The van der Waals surface area contributed by atoms with Crippen molar-refractivity contribution in [3.63, 3.8) is 0 Å². The van der Waals surface area contributed by atoms with Crippen molar-refractivity contribution in [1.82, 2.24) is 0 Å². The van der Waals surface area contributed by atoms with Crippen LogP contribution in [-0.2, 0) is 14.6 Å². The van der Waals surface area contributed by atoms with Gasteiger partial charge in [0, 0.05) is 15.7 Å². The lowest BCUT2D eigenvalue weighted by Crippen LogP contribution is -2.37. The van der Waals surface area contributed by atoms with Gasteiger partial charge in [-0.15, -0.1) is 11.8 Å². The van der Waals surface area contributed by atoms with Gasteiger partial charge in [0.05, 0.1) is 16.1 Å². The lowest BCUT2D eigenvalue weighted by molar-refractivity contribution is -0.145. The summed E-state index contributed by atoms with van der Waals surface area (Å²) in [5.41, 5.74) is 0.345. The third kappa shape index (κ3) is 5.45. The van der Waals surface area contributed by atoms with Gasteiger partial charge in [-0.3, -0.25) is 4.79 Å². The standard InChI is InChI=1S/C23H21ClO4S2/c1-23(22(25)26,15-29-20-5-3-2-4-6-20)16-30(27,28)21-13-9-18(10-14-21)17-7-11-19(24)12-8-17/h2-14H,15-16H2,1H3,(H,25,26). The molecule has 3 rings (SSSR count). The molecule has 0 saturated carbocycles. The summed E-state index contributed by atoms with van der Waals surface area (Å²) in [5.74, 6) is -1.46. The fourth-order valence-electron chi connectivity index (χ4n) is 2.92. The summed E-state index contributed by atoms with van der Waals surface area (Å²) in [7, 11) is -3.79. The van der Waals surface area contributed by atoms with Gasteiger partial charge in [0.1, 0.15) is 0 Å². The molecule has 4 nitrogen and oxygen atoms in total. The van der Waals surface area contributed by atoms with E-state index in [-0.39, 0.29) is 10.6 Å². The number of hydrogen-bond acceptors (Lipinski definition) is 4. The predicted molar refractivity (Wildman–Crippen MR) is 122 cm³/mol. The smallest absolute Gasteiger partial charge is 0.311 e. The van der Waals surface area contributed by atoms with E-state index in [0.29, 0.717) is 5.02 Å². The summed E-state index contributed by atoms with van der Waals surface area (Å²) in [6.45, 7) is 1.48. The Morgan fingerprint density at radius 3 is 2.00 bits per heavy atom. The molecule has 1 atom stereocenters. The first-order chi connectivity index (χ1) is 14.2. The van der Waals surface area contributed by atoms with Crippen LogP contribution >= 0.6 is 23.4 Å². The maximum atomic E-state index is 13.0. The highest BCUT2D eigenvalue weighted by Gasteiger charge is 2.39. The van der Waals surface area contributed by atoms with Gasteiger partial charge in [-0.25, -0.2) is 8.42 Å². The Bertz CT molecular complexity index is 1110. The van der Waals surface area contributed by atoms with Gasteiger partial charge in [-0.05, 0) is 54.4 Å². The molecule has 0 aliphatic rings. The first-order valence-corrected chi connectivity index (χ1v) is 12.2. The molecule has 30 heavy (non-hydrogen) atoms. The van der Waals surface area contributed by atoms with Crippen molar-refractivity contribution < 1.29 is 18.3 Å². The molecule has 0 fully saturated rings. The van der Waals surface area contributed by atoms with E-state index in [4.69, 9.17) is 11.6 Å². The van der Waals surface area contributed by atoms with E-state index in [9.17, 15) is 18.3 Å². The summed E-state index contributed by atoms with van der Waals surface area (Å²) >= 11 is 7.24. The van der Waals surface area contributed by atoms with Gasteiger partial charge in [-0.1, -0.05) is 54.1 Å². The number of carboxylic acid groups (broad SMARTS) is 1. The number of rotatable bonds is 8. The van der Waals surface area contributed by atoms with Gasteiger partial charge >= 0.3 is 5.97 Å². The SMILES string of the molecule is CC(CSc1ccccc1)(CS(=O)(=O)c1ccc(-c2ccc(Cl)cc2)cc1)C(=O)O. The molecule has 0 aliphatic carbocycles. The van der Waals surface area contributed by atoms with E-state index in [0.717, 1.165) is 16.0 Å². The van der Waals surface area contributed by atoms with E-state index in [2.05, 4.69) is 0 Å². The van der Waals surface area contributed by atoms with Gasteiger partial charge in [0.2, 0.25) is 0 Å². The number of sulfone groups is 1. The molecule has 1 unspecified atom stereocenters. The summed E-state index contributed by atoms with van der Waals surface area (Å²) in [6, 6.07) is 23.1. The minimum absolute atomic E-state index is 0.109. The fraction of sp³-hybridized carbons (Fsp3) is 0.174. The average Bonchev–Trinajstić information content (AvgIpc) is 2.73. The van der Waals surface area contributed by atoms with Crippen LogP contribution in [0.25, 0.3) is 11.1 Å². The zero-order valence-corrected chi connectivity index (χ0v) is 18.7.